The molecule has 146 valence electrons. The lowest BCUT2D eigenvalue weighted by Gasteiger charge is -2.34. The topological polar surface area (TPSA) is 96.6 Å². The SMILES string of the molecule is COc1cc(C2Oc3c(c(OC)cc4ccc(=O)oc34)OC2OC)ccc1O. The first-order valence-corrected chi connectivity index (χ1v) is 8.43. The van der Waals surface area contributed by atoms with Crippen molar-refractivity contribution >= 4 is 11.0 Å². The van der Waals surface area contributed by atoms with Crippen molar-refractivity contribution in [1.29, 1.82) is 0 Å². The molecule has 0 bridgehead atoms. The molecule has 0 amide bonds. The van der Waals surface area contributed by atoms with Gasteiger partial charge in [-0.1, -0.05) is 6.07 Å². The number of hydrogen-bond acceptors (Lipinski definition) is 8. The minimum atomic E-state index is -0.816. The first-order chi connectivity index (χ1) is 13.5. The zero-order valence-electron chi connectivity index (χ0n) is 15.4. The van der Waals surface area contributed by atoms with E-state index in [1.807, 2.05) is 0 Å². The van der Waals surface area contributed by atoms with Gasteiger partial charge in [0.2, 0.25) is 17.8 Å². The fourth-order valence-electron chi connectivity index (χ4n) is 3.14. The largest absolute Gasteiger partial charge is 0.504 e. The minimum Gasteiger partial charge on any atom is -0.504 e. The summed E-state index contributed by atoms with van der Waals surface area (Å²) >= 11 is 0. The van der Waals surface area contributed by atoms with Crippen LogP contribution in [0.3, 0.4) is 0 Å². The molecule has 1 aliphatic rings. The Morgan fingerprint density at radius 3 is 2.43 bits per heavy atom. The smallest absolute Gasteiger partial charge is 0.336 e. The van der Waals surface area contributed by atoms with E-state index in [1.165, 1.54) is 33.5 Å². The van der Waals surface area contributed by atoms with Crippen LogP contribution >= 0.6 is 0 Å². The molecule has 4 rings (SSSR count). The summed E-state index contributed by atoms with van der Waals surface area (Å²) in [5.74, 6) is 1.20. The summed E-state index contributed by atoms with van der Waals surface area (Å²) in [6, 6.07) is 9.41. The summed E-state index contributed by atoms with van der Waals surface area (Å²) < 4.78 is 33.5. The van der Waals surface area contributed by atoms with Gasteiger partial charge in [-0.2, -0.15) is 0 Å². The highest BCUT2D eigenvalue weighted by Crippen LogP contribution is 2.50. The number of fused-ring (bicyclic) bond motifs is 3. The molecular formula is C20H18O8. The van der Waals surface area contributed by atoms with Crippen LogP contribution in [-0.2, 0) is 4.74 Å². The second-order valence-electron chi connectivity index (χ2n) is 6.10. The summed E-state index contributed by atoms with van der Waals surface area (Å²) in [5.41, 5.74) is 0.371. The molecule has 2 atom stereocenters. The zero-order chi connectivity index (χ0) is 19.8. The third-order valence-corrected chi connectivity index (χ3v) is 4.50. The van der Waals surface area contributed by atoms with Crippen molar-refractivity contribution in [2.24, 2.45) is 0 Å². The van der Waals surface area contributed by atoms with E-state index in [0.29, 0.717) is 16.7 Å². The Hall–Kier alpha value is -3.39. The van der Waals surface area contributed by atoms with E-state index in [2.05, 4.69) is 0 Å². The Bertz CT molecular complexity index is 1090. The number of ether oxygens (including phenoxy) is 5. The van der Waals surface area contributed by atoms with Crippen molar-refractivity contribution in [1.82, 2.24) is 0 Å². The van der Waals surface area contributed by atoms with Crippen LogP contribution in [0.25, 0.3) is 11.0 Å². The molecule has 1 N–H and O–H groups in total. The van der Waals surface area contributed by atoms with Gasteiger partial charge in [-0.25, -0.2) is 4.79 Å². The van der Waals surface area contributed by atoms with Crippen LogP contribution in [0.15, 0.2) is 45.6 Å². The maximum Gasteiger partial charge on any atom is 0.336 e. The van der Waals surface area contributed by atoms with Crippen LogP contribution in [0.5, 0.6) is 28.7 Å². The first kappa shape index (κ1) is 18.0. The monoisotopic (exact) mass is 386 g/mol. The van der Waals surface area contributed by atoms with Crippen LogP contribution in [0.1, 0.15) is 11.7 Å². The quantitative estimate of drug-likeness (QED) is 0.684. The second kappa shape index (κ2) is 6.97. The third-order valence-electron chi connectivity index (χ3n) is 4.50. The summed E-state index contributed by atoms with van der Waals surface area (Å²) in [6.07, 6.45) is -1.53. The number of aromatic hydroxyl groups is 1. The van der Waals surface area contributed by atoms with E-state index >= 15 is 0 Å². The fourth-order valence-corrected chi connectivity index (χ4v) is 3.14. The van der Waals surface area contributed by atoms with Gasteiger partial charge in [0.05, 0.1) is 14.2 Å². The van der Waals surface area contributed by atoms with Crippen molar-refractivity contribution in [2.45, 2.75) is 12.4 Å². The summed E-state index contributed by atoms with van der Waals surface area (Å²) in [6.45, 7) is 0. The highest BCUT2D eigenvalue weighted by atomic mass is 16.7. The molecule has 0 radical (unpaired) electrons. The van der Waals surface area contributed by atoms with E-state index in [0.717, 1.165) is 0 Å². The van der Waals surface area contributed by atoms with Crippen molar-refractivity contribution in [3.63, 3.8) is 0 Å². The molecule has 1 aromatic heterocycles. The zero-order valence-corrected chi connectivity index (χ0v) is 15.4. The molecule has 28 heavy (non-hydrogen) atoms. The maximum absolute atomic E-state index is 11.8. The van der Waals surface area contributed by atoms with E-state index in [-0.39, 0.29) is 28.6 Å². The fraction of sp³-hybridized carbons (Fsp3) is 0.250. The molecule has 2 heterocycles. The van der Waals surface area contributed by atoms with Crippen LogP contribution in [0.4, 0.5) is 0 Å². The average Bonchev–Trinajstić information content (AvgIpc) is 2.72. The van der Waals surface area contributed by atoms with Crippen LogP contribution < -0.4 is 24.6 Å². The van der Waals surface area contributed by atoms with Gasteiger partial charge in [-0.05, 0) is 24.3 Å². The molecule has 0 aliphatic carbocycles. The molecule has 1 aliphatic heterocycles. The third kappa shape index (κ3) is 2.87. The average molecular weight is 386 g/mol. The van der Waals surface area contributed by atoms with Gasteiger partial charge in [0.25, 0.3) is 0 Å². The second-order valence-corrected chi connectivity index (χ2v) is 6.10. The van der Waals surface area contributed by atoms with Crippen molar-refractivity contribution < 1.29 is 33.2 Å². The molecule has 0 spiro atoms. The van der Waals surface area contributed by atoms with Crippen LogP contribution in [0, 0.1) is 0 Å². The lowest BCUT2D eigenvalue weighted by atomic mass is 10.1. The Morgan fingerprint density at radius 2 is 1.71 bits per heavy atom. The predicted molar refractivity (Wildman–Crippen MR) is 98.5 cm³/mol. The normalized spacial score (nSPS) is 18.1. The maximum atomic E-state index is 11.8. The minimum absolute atomic E-state index is 0.00420. The standard InChI is InChI=1S/C20H18O8/c1-23-13-8-11(4-6-12(13)21)17-20(25-3)28-18-14(24-2)9-10-5-7-15(22)26-16(10)19(18)27-17/h4-9,17,20-21H,1-3H3. The number of phenolic OH excluding ortho intramolecular Hbond substituents is 1. The number of methoxy groups -OCH3 is 3. The number of hydrogen-bond donors (Lipinski definition) is 1. The molecule has 0 fully saturated rings. The molecule has 2 aromatic carbocycles. The Labute approximate surface area is 159 Å². The molecule has 8 nitrogen and oxygen atoms in total. The number of rotatable bonds is 4. The molecule has 2 unspecified atom stereocenters. The van der Waals surface area contributed by atoms with Crippen LogP contribution in [0.2, 0.25) is 0 Å². The van der Waals surface area contributed by atoms with Gasteiger partial charge in [0.1, 0.15) is 0 Å². The summed E-state index contributed by atoms with van der Waals surface area (Å²) in [7, 11) is 4.44. The van der Waals surface area contributed by atoms with E-state index in [4.69, 9.17) is 28.1 Å². The Balaban J connectivity index is 1.89. The van der Waals surface area contributed by atoms with E-state index in [1.54, 1.807) is 24.3 Å². The van der Waals surface area contributed by atoms with Gasteiger partial charge in [0.15, 0.2) is 28.9 Å². The van der Waals surface area contributed by atoms with Gasteiger partial charge in [0, 0.05) is 24.1 Å². The Kier molecular flexibility index (Phi) is 4.48. The summed E-state index contributed by atoms with van der Waals surface area (Å²) in [4.78, 5) is 11.8. The number of benzene rings is 2. The van der Waals surface area contributed by atoms with Gasteiger partial charge < -0.3 is 33.2 Å². The Morgan fingerprint density at radius 1 is 0.929 bits per heavy atom. The van der Waals surface area contributed by atoms with Gasteiger partial charge >= 0.3 is 5.63 Å². The number of phenols is 1. The van der Waals surface area contributed by atoms with Crippen LogP contribution in [-0.4, -0.2) is 32.7 Å². The van der Waals surface area contributed by atoms with E-state index < -0.39 is 18.0 Å². The lowest BCUT2D eigenvalue weighted by molar-refractivity contribution is -0.138. The van der Waals surface area contributed by atoms with Gasteiger partial charge in [-0.3, -0.25) is 0 Å². The first-order valence-electron chi connectivity index (χ1n) is 8.43. The summed E-state index contributed by atoms with van der Waals surface area (Å²) in [5, 5.41) is 10.5. The van der Waals surface area contributed by atoms with E-state index in [9.17, 15) is 9.90 Å². The highest BCUT2D eigenvalue weighted by molar-refractivity contribution is 5.88. The van der Waals surface area contributed by atoms with Crippen molar-refractivity contribution in [3.05, 3.63) is 52.4 Å². The molecule has 3 aromatic rings. The molecule has 0 saturated carbocycles. The lowest BCUT2D eigenvalue weighted by Crippen LogP contribution is -2.35. The molecule has 0 saturated heterocycles. The van der Waals surface area contributed by atoms with Crippen molar-refractivity contribution in [2.75, 3.05) is 21.3 Å². The molecular weight excluding hydrogens is 368 g/mol. The predicted octanol–water partition coefficient (Wildman–Crippen LogP) is 3.00. The van der Waals surface area contributed by atoms with Crippen molar-refractivity contribution in [3.8, 4) is 28.7 Å². The van der Waals surface area contributed by atoms with Gasteiger partial charge in [-0.15, -0.1) is 0 Å². The highest BCUT2D eigenvalue weighted by Gasteiger charge is 2.37. The molecule has 8 heteroatoms.